The van der Waals surface area contributed by atoms with E-state index in [1.807, 2.05) is 6.07 Å². The highest BCUT2D eigenvalue weighted by atomic mass is 35.5. The van der Waals surface area contributed by atoms with Gasteiger partial charge in [-0.15, -0.1) is 0 Å². The molecule has 5 rings (SSSR count). The molecule has 1 amide bonds. The smallest absolute Gasteiger partial charge is 0.459 e. The van der Waals surface area contributed by atoms with Gasteiger partial charge in [0.25, 0.3) is 5.91 Å². The number of benzene rings is 1. The minimum atomic E-state index is -6.40. The first-order chi connectivity index (χ1) is 21.7. The number of rotatable bonds is 9. The van der Waals surface area contributed by atoms with Gasteiger partial charge in [-0.2, -0.15) is 50.6 Å². The van der Waals surface area contributed by atoms with Gasteiger partial charge in [-0.1, -0.05) is 17.7 Å². The molecule has 1 aromatic carbocycles. The van der Waals surface area contributed by atoms with Gasteiger partial charge in [-0.05, 0) is 43.4 Å². The molecule has 11 nitrogen and oxygen atoms in total. The molecule has 0 spiro atoms. The van der Waals surface area contributed by atoms with E-state index in [-0.39, 0.29) is 52.1 Å². The second kappa shape index (κ2) is 10.9. The van der Waals surface area contributed by atoms with Crippen LogP contribution in [-0.2, 0) is 33.5 Å². The maximum atomic E-state index is 14.1. The average Bonchev–Trinajstić information content (AvgIpc) is 3.87. The van der Waals surface area contributed by atoms with E-state index < -0.39 is 70.9 Å². The molecule has 47 heavy (non-hydrogen) atoms. The van der Waals surface area contributed by atoms with Gasteiger partial charge < -0.3 is 9.84 Å². The molecule has 3 aromatic rings. The normalized spacial score (nSPS) is 16.7. The summed E-state index contributed by atoms with van der Waals surface area (Å²) in [6.45, 7) is -0.801. The third kappa shape index (κ3) is 5.64. The third-order valence-electron chi connectivity index (χ3n) is 7.85. The topological polar surface area (TPSA) is 143 Å². The van der Waals surface area contributed by atoms with Crippen LogP contribution < -0.4 is 0 Å². The number of esters is 1. The summed E-state index contributed by atoms with van der Waals surface area (Å²) in [6.07, 6.45) is -9.92. The summed E-state index contributed by atoms with van der Waals surface area (Å²) in [5.41, 5.74) is -8.39. The summed E-state index contributed by atoms with van der Waals surface area (Å²) in [5, 5.41) is 25.4. The minimum absolute atomic E-state index is 0.0232. The quantitative estimate of drug-likeness (QED) is 0.135. The zero-order valence-corrected chi connectivity index (χ0v) is 24.3. The molecule has 2 heterocycles. The Balaban J connectivity index is 1.49. The molecule has 0 saturated heterocycles. The molecule has 2 aliphatic rings. The first-order valence-corrected chi connectivity index (χ1v) is 13.7. The number of aryl methyl sites for hydroxylation is 1. The molecule has 0 unspecified atom stereocenters. The van der Waals surface area contributed by atoms with Crippen LogP contribution in [-0.4, -0.2) is 65.9 Å². The largest absolute Gasteiger partial charge is 0.480 e. The second-order valence-corrected chi connectivity index (χ2v) is 11.3. The first-order valence-electron chi connectivity index (χ1n) is 13.3. The van der Waals surface area contributed by atoms with E-state index in [1.165, 1.54) is 12.1 Å². The summed E-state index contributed by atoms with van der Waals surface area (Å²) in [5.74, 6) is -10.7. The molecule has 0 radical (unpaired) electrons. The lowest BCUT2D eigenvalue weighted by Crippen LogP contribution is -2.44. The number of nitriles is 1. The predicted molar refractivity (Wildman–Crippen MR) is 140 cm³/mol. The first kappa shape index (κ1) is 33.6. The van der Waals surface area contributed by atoms with Crippen LogP contribution in [0, 0.1) is 16.7 Å². The summed E-state index contributed by atoms with van der Waals surface area (Å²) < 4.78 is 115. The highest BCUT2D eigenvalue weighted by Gasteiger charge is 2.64. The molecule has 0 atom stereocenters. The van der Waals surface area contributed by atoms with Crippen molar-refractivity contribution < 1.29 is 59.4 Å². The second-order valence-electron chi connectivity index (χ2n) is 10.9. The van der Waals surface area contributed by atoms with Crippen LogP contribution in [0.2, 0.25) is 5.02 Å². The van der Waals surface area contributed by atoms with Crippen molar-refractivity contribution in [1.29, 1.82) is 5.26 Å². The monoisotopic (exact) mass is 694 g/mol. The minimum Gasteiger partial charge on any atom is -0.480 e. The van der Waals surface area contributed by atoms with Crippen LogP contribution in [0.1, 0.15) is 47.3 Å². The highest BCUT2D eigenvalue weighted by molar-refractivity contribution is 6.34. The Kier molecular flexibility index (Phi) is 7.82. The van der Waals surface area contributed by atoms with Gasteiger partial charge in [0.05, 0.1) is 22.9 Å². The van der Waals surface area contributed by atoms with E-state index in [0.29, 0.717) is 11.7 Å². The molecule has 20 heteroatoms. The zero-order valence-electron chi connectivity index (χ0n) is 23.6. The molecule has 2 saturated carbocycles. The van der Waals surface area contributed by atoms with Crippen molar-refractivity contribution in [2.75, 3.05) is 6.73 Å². The van der Waals surface area contributed by atoms with Crippen LogP contribution in [0.5, 0.6) is 0 Å². The van der Waals surface area contributed by atoms with Gasteiger partial charge in [0.15, 0.2) is 23.7 Å². The number of aromatic nitrogens is 4. The van der Waals surface area contributed by atoms with Gasteiger partial charge >= 0.3 is 30.2 Å². The van der Waals surface area contributed by atoms with Gasteiger partial charge in [0.2, 0.25) is 0 Å². The fourth-order valence-electron chi connectivity index (χ4n) is 4.82. The van der Waals surface area contributed by atoms with Gasteiger partial charge in [0.1, 0.15) is 11.1 Å². The van der Waals surface area contributed by atoms with E-state index in [0.717, 1.165) is 23.4 Å². The Hall–Kier alpha value is -4.73. The number of carboxylic acid groups (broad SMARTS) is 1. The van der Waals surface area contributed by atoms with Crippen LogP contribution >= 0.6 is 11.6 Å². The van der Waals surface area contributed by atoms with E-state index in [4.69, 9.17) is 16.3 Å². The molecular formula is C27H19ClF8N6O5. The molecule has 2 aliphatic carbocycles. The van der Waals surface area contributed by atoms with Crippen molar-refractivity contribution in [3.63, 3.8) is 0 Å². The number of carboxylic acids is 1. The SMILES string of the molecule is Cn1nc(C(F)(F)C(F)(F)F)c(C(F)(F)F)c1-n1cc(-c2ccc(Cl)c(C(=O)N(COC(=O)C3(C(=O)O)CC3)C3(C#N)CC3)c2)cn1. The number of ether oxygens (including phenoxy) is 1. The number of aliphatic carboxylic acids is 1. The lowest BCUT2D eigenvalue weighted by molar-refractivity contribution is -0.292. The molecule has 0 aliphatic heterocycles. The highest BCUT2D eigenvalue weighted by Crippen LogP contribution is 2.50. The number of alkyl halides is 8. The fraction of sp³-hybridized carbons (Fsp3) is 0.407. The predicted octanol–water partition coefficient (Wildman–Crippen LogP) is 5.46. The van der Waals surface area contributed by atoms with Crippen molar-refractivity contribution in [3.05, 3.63) is 52.4 Å². The zero-order chi connectivity index (χ0) is 34.9. The molecular weight excluding hydrogens is 676 g/mol. The van der Waals surface area contributed by atoms with Crippen LogP contribution in [0.3, 0.4) is 0 Å². The van der Waals surface area contributed by atoms with Crippen molar-refractivity contribution in [1.82, 2.24) is 24.5 Å². The molecule has 1 N–H and O–H groups in total. The van der Waals surface area contributed by atoms with Gasteiger partial charge in [0, 0.05) is 18.8 Å². The van der Waals surface area contributed by atoms with Crippen molar-refractivity contribution in [2.24, 2.45) is 12.5 Å². The van der Waals surface area contributed by atoms with E-state index >= 15 is 0 Å². The van der Waals surface area contributed by atoms with Crippen molar-refractivity contribution in [3.8, 4) is 23.0 Å². The average molecular weight is 695 g/mol. The standard InChI is InChI=1S/C27H19ClF8N6O5/c1-40-19(17(26(31,32)33)18(39-40)25(29,30)27(34,35)36)42-10-14(9-38-42)13-2-3-16(28)15(8-13)20(43)41(23(11-37)4-5-23)12-47-22(46)24(6-7-24)21(44)45/h2-3,8-10H,4-7,12H2,1H3,(H,44,45). The van der Waals surface area contributed by atoms with E-state index in [2.05, 4.69) is 10.2 Å². The Morgan fingerprint density at radius 2 is 1.72 bits per heavy atom. The number of amides is 1. The number of halogens is 9. The molecule has 2 aromatic heterocycles. The van der Waals surface area contributed by atoms with Crippen LogP contribution in [0.25, 0.3) is 16.9 Å². The van der Waals surface area contributed by atoms with Crippen molar-refractivity contribution >= 4 is 29.4 Å². The summed E-state index contributed by atoms with van der Waals surface area (Å²) >= 11 is 6.26. The van der Waals surface area contributed by atoms with Gasteiger partial charge in [-0.3, -0.25) is 19.3 Å². The summed E-state index contributed by atoms with van der Waals surface area (Å²) in [7, 11) is 0.715. The Morgan fingerprint density at radius 3 is 2.23 bits per heavy atom. The van der Waals surface area contributed by atoms with Crippen LogP contribution in [0.15, 0.2) is 30.6 Å². The summed E-state index contributed by atoms with van der Waals surface area (Å²) in [6, 6.07) is 5.59. The molecule has 2 fully saturated rings. The Labute approximate surface area is 262 Å². The maximum Gasteiger partial charge on any atom is 0.459 e. The fourth-order valence-corrected chi connectivity index (χ4v) is 5.02. The van der Waals surface area contributed by atoms with E-state index in [1.54, 1.807) is 0 Å². The Morgan fingerprint density at radius 1 is 1.09 bits per heavy atom. The third-order valence-corrected chi connectivity index (χ3v) is 8.18. The molecule has 0 bridgehead atoms. The number of carbonyl (C=O) groups excluding carboxylic acids is 2. The number of nitrogens with zero attached hydrogens (tertiary/aromatic N) is 6. The lowest BCUT2D eigenvalue weighted by Gasteiger charge is -2.27. The summed E-state index contributed by atoms with van der Waals surface area (Å²) in [4.78, 5) is 38.5. The molecule has 250 valence electrons. The number of carbonyl (C=O) groups is 3. The maximum absolute atomic E-state index is 14.1. The van der Waals surface area contributed by atoms with Crippen molar-refractivity contribution in [2.45, 2.75) is 49.5 Å². The number of hydrogen-bond acceptors (Lipinski definition) is 7. The van der Waals surface area contributed by atoms with Gasteiger partial charge in [-0.25, -0.2) is 9.36 Å². The van der Waals surface area contributed by atoms with E-state index in [9.17, 15) is 59.9 Å². The van der Waals surface area contributed by atoms with Crippen LogP contribution in [0.4, 0.5) is 35.1 Å². The Bertz CT molecular complexity index is 1840. The lowest BCUT2D eigenvalue weighted by atomic mass is 10.0. The number of hydrogen-bond donors (Lipinski definition) is 1.